The molecule has 1 fully saturated rings. The molecule has 0 saturated carbocycles. The Morgan fingerprint density at radius 2 is 1.94 bits per heavy atom. The van der Waals surface area contributed by atoms with Gasteiger partial charge in [0.25, 0.3) is 0 Å². The second kappa shape index (κ2) is 5.73. The highest BCUT2D eigenvalue weighted by molar-refractivity contribution is 8.55. The summed E-state index contributed by atoms with van der Waals surface area (Å²) in [5.74, 6) is 0.427. The van der Waals surface area contributed by atoms with Gasteiger partial charge in [-0.2, -0.15) is 0 Å². The lowest BCUT2D eigenvalue weighted by atomic mass is 9.98. The molecule has 1 aromatic rings. The van der Waals surface area contributed by atoms with Crippen LogP contribution in [0, 0.1) is 5.41 Å². The maximum atomic E-state index is 6.04. The molecule has 1 saturated heterocycles. The molecular weight excluding hydrogens is 247 g/mol. The van der Waals surface area contributed by atoms with Crippen LogP contribution in [0.25, 0.3) is 0 Å². The van der Waals surface area contributed by atoms with Crippen molar-refractivity contribution < 1.29 is 4.74 Å². The van der Waals surface area contributed by atoms with Crippen molar-refractivity contribution in [3.8, 4) is 0 Å². The van der Waals surface area contributed by atoms with E-state index in [0.29, 0.717) is 5.85 Å². The van der Waals surface area contributed by atoms with Crippen LogP contribution in [0.2, 0.25) is 0 Å². The summed E-state index contributed by atoms with van der Waals surface area (Å²) in [6.07, 6.45) is 2.55. The van der Waals surface area contributed by atoms with Crippen LogP contribution in [0.4, 0.5) is 0 Å². The Morgan fingerprint density at radius 3 is 2.59 bits per heavy atom. The molecule has 17 heavy (non-hydrogen) atoms. The molecule has 1 aliphatic heterocycles. The van der Waals surface area contributed by atoms with Crippen LogP contribution < -0.4 is 0 Å². The van der Waals surface area contributed by atoms with Crippen molar-refractivity contribution in [2.75, 3.05) is 12.8 Å². The largest absolute Gasteiger partial charge is 0.372 e. The second-order valence-corrected chi connectivity index (χ2v) is 9.85. The van der Waals surface area contributed by atoms with Crippen molar-refractivity contribution >= 4 is 18.5 Å². The van der Waals surface area contributed by atoms with Crippen LogP contribution in [0.3, 0.4) is 0 Å². The van der Waals surface area contributed by atoms with E-state index >= 15 is 0 Å². The zero-order chi connectivity index (χ0) is 12.3. The number of hydrogen-bond donors (Lipinski definition) is 0. The average Bonchev–Trinajstić information content (AvgIpc) is 2.30. The number of ether oxygens (including phenoxy) is 1. The predicted octanol–water partition coefficient (Wildman–Crippen LogP) is 4.97. The third kappa shape index (κ3) is 3.71. The lowest BCUT2D eigenvalue weighted by molar-refractivity contribution is 0.0344. The van der Waals surface area contributed by atoms with Crippen LogP contribution in [-0.2, 0) is 4.74 Å². The summed E-state index contributed by atoms with van der Waals surface area (Å²) in [4.78, 5) is 1.39. The van der Waals surface area contributed by atoms with Crippen molar-refractivity contribution in [1.29, 1.82) is 0 Å². The van der Waals surface area contributed by atoms with E-state index in [1.807, 2.05) is 11.4 Å². The van der Waals surface area contributed by atoms with Crippen LogP contribution in [-0.4, -0.2) is 18.6 Å². The number of rotatable bonds is 2. The smallest absolute Gasteiger partial charge is 0.0912 e. The van der Waals surface area contributed by atoms with Crippen molar-refractivity contribution in [3.05, 3.63) is 30.3 Å². The number of hydrogen-bond acceptors (Lipinski definition) is 2. The van der Waals surface area contributed by atoms with Gasteiger partial charge < -0.3 is 4.74 Å². The molecule has 2 unspecified atom stereocenters. The topological polar surface area (TPSA) is 9.23 Å². The third-order valence-corrected chi connectivity index (χ3v) is 8.15. The van der Waals surface area contributed by atoms with Crippen molar-refractivity contribution in [3.63, 3.8) is 0 Å². The third-order valence-electron chi connectivity index (χ3n) is 2.77. The normalized spacial score (nSPS) is 25.8. The van der Waals surface area contributed by atoms with Gasteiger partial charge in [0.2, 0.25) is 0 Å². The lowest BCUT2D eigenvalue weighted by Crippen LogP contribution is -2.31. The Bertz CT molecular complexity index is 347. The molecular formula is C14H21OPS. The molecule has 0 aliphatic carbocycles. The van der Waals surface area contributed by atoms with Crippen molar-refractivity contribution in [2.24, 2.45) is 5.41 Å². The Balaban J connectivity index is 2.07. The highest BCUT2D eigenvalue weighted by Gasteiger charge is 2.35. The summed E-state index contributed by atoms with van der Waals surface area (Å²) in [5, 5.41) is 0. The van der Waals surface area contributed by atoms with E-state index in [1.54, 1.807) is 0 Å². The molecule has 0 radical (unpaired) electrons. The standard InChI is InChI=1S/C14H21OPS/c1-14(2,3)13-15-10-7-11-16(13)17-12-8-5-4-6-9-12/h4-6,8-9,13H,7,10-11H2,1-3H3. The molecule has 1 heterocycles. The summed E-state index contributed by atoms with van der Waals surface area (Å²) in [6.45, 7) is 7.83. The van der Waals surface area contributed by atoms with Gasteiger partial charge in [0.05, 0.1) is 5.85 Å². The molecule has 0 spiro atoms. The van der Waals surface area contributed by atoms with E-state index in [4.69, 9.17) is 4.74 Å². The quantitative estimate of drug-likeness (QED) is 0.700. The summed E-state index contributed by atoms with van der Waals surface area (Å²) >= 11 is 2.04. The SMILES string of the molecule is CC(C)(C)C1OCCCP1Sc1ccccc1. The summed E-state index contributed by atoms with van der Waals surface area (Å²) in [5.41, 5.74) is 0.258. The molecule has 0 aromatic heterocycles. The van der Waals surface area contributed by atoms with E-state index in [2.05, 4.69) is 51.1 Å². The van der Waals surface area contributed by atoms with Gasteiger partial charge in [0, 0.05) is 11.5 Å². The first-order chi connectivity index (χ1) is 8.07. The molecule has 2 atom stereocenters. The summed E-state index contributed by atoms with van der Waals surface area (Å²) in [6, 6.07) is 10.7. The van der Waals surface area contributed by atoms with Gasteiger partial charge in [-0.1, -0.05) is 50.4 Å². The van der Waals surface area contributed by atoms with Gasteiger partial charge >= 0.3 is 0 Å². The fraction of sp³-hybridized carbons (Fsp3) is 0.571. The van der Waals surface area contributed by atoms with Gasteiger partial charge in [-0.05, 0) is 37.3 Å². The van der Waals surface area contributed by atoms with E-state index < -0.39 is 0 Å². The highest BCUT2D eigenvalue weighted by Crippen LogP contribution is 2.63. The molecule has 0 N–H and O–H groups in total. The van der Waals surface area contributed by atoms with Gasteiger partial charge in [0.15, 0.2) is 0 Å². The van der Waals surface area contributed by atoms with Crippen LogP contribution >= 0.6 is 18.5 Å². The molecule has 1 nitrogen and oxygen atoms in total. The van der Waals surface area contributed by atoms with Crippen LogP contribution in [0.1, 0.15) is 27.2 Å². The van der Waals surface area contributed by atoms with Crippen LogP contribution in [0.15, 0.2) is 35.2 Å². The van der Waals surface area contributed by atoms with Gasteiger partial charge in [-0.3, -0.25) is 0 Å². The summed E-state index contributed by atoms with van der Waals surface area (Å²) in [7, 11) is -0.105. The van der Waals surface area contributed by atoms with E-state index in [9.17, 15) is 0 Å². The minimum absolute atomic E-state index is 0.105. The Hall–Kier alpha value is -0.0400. The van der Waals surface area contributed by atoms with Crippen molar-refractivity contribution in [1.82, 2.24) is 0 Å². The Morgan fingerprint density at radius 1 is 1.24 bits per heavy atom. The maximum absolute atomic E-state index is 6.04. The minimum atomic E-state index is -0.105. The van der Waals surface area contributed by atoms with E-state index in [0.717, 1.165) is 6.61 Å². The zero-order valence-electron chi connectivity index (χ0n) is 10.8. The summed E-state index contributed by atoms with van der Waals surface area (Å²) < 4.78 is 6.04. The van der Waals surface area contributed by atoms with Crippen LogP contribution in [0.5, 0.6) is 0 Å². The predicted molar refractivity (Wildman–Crippen MR) is 77.9 cm³/mol. The fourth-order valence-electron chi connectivity index (χ4n) is 2.01. The first-order valence-corrected chi connectivity index (χ1v) is 9.20. The van der Waals surface area contributed by atoms with Crippen molar-refractivity contribution in [2.45, 2.75) is 37.9 Å². The molecule has 1 aromatic carbocycles. The number of benzene rings is 1. The van der Waals surface area contributed by atoms with Gasteiger partial charge in [0.1, 0.15) is 0 Å². The average molecular weight is 268 g/mol. The first-order valence-electron chi connectivity index (χ1n) is 6.18. The minimum Gasteiger partial charge on any atom is -0.372 e. The lowest BCUT2D eigenvalue weighted by Gasteiger charge is -2.39. The van der Waals surface area contributed by atoms with E-state index in [1.165, 1.54) is 17.5 Å². The monoisotopic (exact) mass is 268 g/mol. The molecule has 1 aliphatic rings. The Kier molecular flexibility index (Phi) is 4.52. The molecule has 2 rings (SSSR count). The molecule has 3 heteroatoms. The first kappa shape index (κ1) is 13.4. The molecule has 0 amide bonds. The molecule has 94 valence electrons. The van der Waals surface area contributed by atoms with Gasteiger partial charge in [-0.15, -0.1) is 0 Å². The Labute approximate surface area is 110 Å². The second-order valence-electron chi connectivity index (χ2n) is 5.49. The van der Waals surface area contributed by atoms with Gasteiger partial charge in [-0.25, -0.2) is 0 Å². The zero-order valence-corrected chi connectivity index (χ0v) is 12.6. The van der Waals surface area contributed by atoms with E-state index in [-0.39, 0.29) is 12.5 Å². The molecule has 0 bridgehead atoms. The fourth-order valence-corrected chi connectivity index (χ4v) is 7.81. The maximum Gasteiger partial charge on any atom is 0.0912 e. The highest BCUT2D eigenvalue weighted by atomic mass is 32.7.